The van der Waals surface area contributed by atoms with Crippen molar-refractivity contribution in [2.45, 2.75) is 64.3 Å². The minimum absolute atomic E-state index is 0.0241. The molecule has 0 saturated carbocycles. The highest BCUT2D eigenvalue weighted by molar-refractivity contribution is 6.31. The first kappa shape index (κ1) is 36.1. The van der Waals surface area contributed by atoms with Crippen molar-refractivity contribution in [3.63, 3.8) is 0 Å². The Balaban J connectivity index is 1.36. The Kier molecular flexibility index (Phi) is 12.0. The molecule has 3 N–H and O–H groups in total. The zero-order valence-electron chi connectivity index (χ0n) is 27.1. The first-order valence-corrected chi connectivity index (χ1v) is 15.8. The summed E-state index contributed by atoms with van der Waals surface area (Å²) < 4.78 is 38.4. The number of rotatable bonds is 10. The SMILES string of the molecule is CN(C(=O)NCc1cccc(F)c1Cl)[C@@H](CCC(=O)NC1CCN(C(=O)OC(C)(C)C)C1)COC(=O)Nc1cc2cc(F)ccc2cn1. The predicted octanol–water partition coefficient (Wildman–Crippen LogP) is 5.83. The Hall–Kier alpha value is -4.72. The second-order valence-corrected chi connectivity index (χ2v) is 12.8. The zero-order valence-corrected chi connectivity index (χ0v) is 27.9. The molecule has 2 heterocycles. The molecule has 4 rings (SSSR count). The molecule has 5 amide bonds. The molecule has 0 aliphatic carbocycles. The molecule has 3 aromatic rings. The van der Waals surface area contributed by atoms with Crippen LogP contribution >= 0.6 is 11.6 Å². The van der Waals surface area contributed by atoms with Crippen LogP contribution in [0.15, 0.2) is 48.7 Å². The van der Waals surface area contributed by atoms with E-state index in [1.807, 2.05) is 0 Å². The lowest BCUT2D eigenvalue weighted by atomic mass is 10.1. The number of fused-ring (bicyclic) bond motifs is 1. The number of pyridine rings is 1. The molecule has 15 heteroatoms. The average molecular weight is 689 g/mol. The second-order valence-electron chi connectivity index (χ2n) is 12.4. The number of ether oxygens (including phenoxy) is 2. The fourth-order valence-corrected chi connectivity index (χ4v) is 5.19. The van der Waals surface area contributed by atoms with Crippen molar-refractivity contribution in [3.05, 3.63) is 70.9 Å². The number of carbonyl (C=O) groups is 4. The molecule has 1 fully saturated rings. The van der Waals surface area contributed by atoms with Gasteiger partial charge in [-0.3, -0.25) is 10.1 Å². The van der Waals surface area contributed by atoms with Crippen molar-refractivity contribution < 1.29 is 37.4 Å². The third-order valence-corrected chi connectivity index (χ3v) is 7.98. The van der Waals surface area contributed by atoms with E-state index in [-0.39, 0.29) is 48.8 Å². The van der Waals surface area contributed by atoms with Crippen LogP contribution < -0.4 is 16.0 Å². The summed E-state index contributed by atoms with van der Waals surface area (Å²) in [6.07, 6.45) is 0.794. The largest absolute Gasteiger partial charge is 0.447 e. The first-order chi connectivity index (χ1) is 22.7. The Morgan fingerprint density at radius 2 is 1.90 bits per heavy atom. The normalized spacial score (nSPS) is 15.1. The summed E-state index contributed by atoms with van der Waals surface area (Å²) >= 11 is 6.02. The number of anilines is 1. The Morgan fingerprint density at radius 1 is 1.12 bits per heavy atom. The van der Waals surface area contributed by atoms with Crippen molar-refractivity contribution in [3.8, 4) is 0 Å². The molecule has 1 unspecified atom stereocenters. The number of carbonyl (C=O) groups excluding carboxylic acids is 4. The number of likely N-dealkylation sites (tertiary alicyclic amines) is 1. The molecule has 1 aromatic heterocycles. The molecule has 2 atom stereocenters. The van der Waals surface area contributed by atoms with Gasteiger partial charge < -0.3 is 29.9 Å². The topological polar surface area (TPSA) is 142 Å². The molecular weight excluding hydrogens is 650 g/mol. The summed E-state index contributed by atoms with van der Waals surface area (Å²) in [7, 11) is 1.47. The predicted molar refractivity (Wildman–Crippen MR) is 175 cm³/mol. The fourth-order valence-electron chi connectivity index (χ4n) is 5.00. The van der Waals surface area contributed by atoms with Gasteiger partial charge in [-0.25, -0.2) is 28.1 Å². The van der Waals surface area contributed by atoms with E-state index >= 15 is 0 Å². The molecule has 0 radical (unpaired) electrons. The molecule has 1 saturated heterocycles. The van der Waals surface area contributed by atoms with Gasteiger partial charge in [-0.2, -0.15) is 0 Å². The van der Waals surface area contributed by atoms with Crippen molar-refractivity contribution in [1.29, 1.82) is 0 Å². The van der Waals surface area contributed by atoms with Crippen LogP contribution in [-0.2, 0) is 20.8 Å². The Labute approximate surface area is 282 Å². The monoisotopic (exact) mass is 688 g/mol. The van der Waals surface area contributed by atoms with Gasteiger partial charge in [0, 0.05) is 50.7 Å². The number of amides is 5. The molecule has 0 bridgehead atoms. The highest BCUT2D eigenvalue weighted by Crippen LogP contribution is 2.21. The lowest BCUT2D eigenvalue weighted by molar-refractivity contribution is -0.122. The van der Waals surface area contributed by atoms with Crippen LogP contribution in [0.25, 0.3) is 10.8 Å². The maximum atomic E-state index is 13.9. The zero-order chi connectivity index (χ0) is 35.0. The maximum Gasteiger partial charge on any atom is 0.412 e. The second kappa shape index (κ2) is 15.9. The molecule has 12 nitrogen and oxygen atoms in total. The van der Waals surface area contributed by atoms with Crippen molar-refractivity contribution in [2.75, 3.05) is 32.1 Å². The fraction of sp³-hybridized carbons (Fsp3) is 0.424. The van der Waals surface area contributed by atoms with E-state index in [4.69, 9.17) is 21.1 Å². The number of nitrogens with zero attached hydrogens (tertiary/aromatic N) is 3. The third-order valence-electron chi connectivity index (χ3n) is 7.56. The summed E-state index contributed by atoms with van der Waals surface area (Å²) in [5.41, 5.74) is -0.274. The third kappa shape index (κ3) is 10.4. The van der Waals surface area contributed by atoms with Crippen LogP contribution in [0.3, 0.4) is 0 Å². The highest BCUT2D eigenvalue weighted by atomic mass is 35.5. The first-order valence-electron chi connectivity index (χ1n) is 15.4. The van der Waals surface area contributed by atoms with E-state index < -0.39 is 41.5 Å². The minimum atomic E-state index is -0.874. The van der Waals surface area contributed by atoms with Crippen molar-refractivity contribution >= 4 is 52.3 Å². The van der Waals surface area contributed by atoms with Gasteiger partial charge in [-0.05, 0) is 74.9 Å². The summed E-state index contributed by atoms with van der Waals surface area (Å²) in [4.78, 5) is 58.1. The van der Waals surface area contributed by atoms with Crippen LogP contribution in [0.4, 0.5) is 29.0 Å². The standard InChI is InChI=1S/C33H39ClF2N6O6/c1-33(2,3)48-32(46)42-13-12-24(18-42)39-28(43)11-10-25(41(4)30(44)38-17-21-6-5-7-26(36)29(21)34)19-47-31(45)40-27-15-22-14-23(35)9-8-20(22)16-37-27/h5-9,14-16,24-25H,10-13,17-19H2,1-4H3,(H,38,44)(H,39,43)(H,37,40,45)/t24?,25-/m0/s1. The van der Waals surface area contributed by atoms with E-state index in [0.29, 0.717) is 35.8 Å². The highest BCUT2D eigenvalue weighted by Gasteiger charge is 2.31. The van der Waals surface area contributed by atoms with E-state index in [1.54, 1.807) is 32.9 Å². The Morgan fingerprint density at radius 3 is 2.65 bits per heavy atom. The summed E-state index contributed by atoms with van der Waals surface area (Å²) in [6.45, 7) is 5.71. The van der Waals surface area contributed by atoms with Gasteiger partial charge in [0.25, 0.3) is 0 Å². The number of hydrogen-bond donors (Lipinski definition) is 3. The number of halogens is 3. The summed E-state index contributed by atoms with van der Waals surface area (Å²) in [6, 6.07) is 8.30. The molecule has 1 aliphatic rings. The van der Waals surface area contributed by atoms with Gasteiger partial charge in [-0.1, -0.05) is 23.7 Å². The van der Waals surface area contributed by atoms with Gasteiger partial charge in [0.1, 0.15) is 29.7 Å². The molecule has 48 heavy (non-hydrogen) atoms. The van der Waals surface area contributed by atoms with Gasteiger partial charge in [-0.15, -0.1) is 0 Å². The van der Waals surface area contributed by atoms with E-state index in [1.165, 1.54) is 53.4 Å². The quantitative estimate of drug-likeness (QED) is 0.243. The van der Waals surface area contributed by atoms with Gasteiger partial charge in [0.05, 0.1) is 11.1 Å². The van der Waals surface area contributed by atoms with Gasteiger partial charge in [0.2, 0.25) is 5.91 Å². The summed E-state index contributed by atoms with van der Waals surface area (Å²) in [5.74, 6) is -1.25. The molecular formula is C33H39ClF2N6O6. The smallest absolute Gasteiger partial charge is 0.412 e. The molecule has 1 aliphatic heterocycles. The number of benzene rings is 2. The van der Waals surface area contributed by atoms with E-state index in [9.17, 15) is 28.0 Å². The van der Waals surface area contributed by atoms with Crippen molar-refractivity contribution in [1.82, 2.24) is 25.4 Å². The lowest BCUT2D eigenvalue weighted by Gasteiger charge is -2.28. The number of urea groups is 1. The van der Waals surface area contributed by atoms with Crippen LogP contribution in [0.2, 0.25) is 5.02 Å². The minimum Gasteiger partial charge on any atom is -0.447 e. The van der Waals surface area contributed by atoms with Crippen LogP contribution in [-0.4, -0.2) is 83.3 Å². The molecule has 0 spiro atoms. The number of nitrogens with one attached hydrogen (secondary N) is 3. The molecule has 258 valence electrons. The number of hydrogen-bond acceptors (Lipinski definition) is 7. The molecule has 2 aromatic carbocycles. The van der Waals surface area contributed by atoms with Crippen LogP contribution in [0, 0.1) is 11.6 Å². The number of likely N-dealkylation sites (N-methyl/N-ethyl adjacent to an activating group) is 1. The summed E-state index contributed by atoms with van der Waals surface area (Å²) in [5, 5.41) is 9.15. The lowest BCUT2D eigenvalue weighted by Crippen LogP contribution is -2.46. The van der Waals surface area contributed by atoms with Gasteiger partial charge in [0.15, 0.2) is 0 Å². The Bertz CT molecular complexity index is 1650. The van der Waals surface area contributed by atoms with E-state index in [2.05, 4.69) is 20.9 Å². The number of aromatic nitrogens is 1. The van der Waals surface area contributed by atoms with Crippen LogP contribution in [0.5, 0.6) is 0 Å². The van der Waals surface area contributed by atoms with Crippen LogP contribution in [0.1, 0.15) is 45.6 Å². The van der Waals surface area contributed by atoms with Gasteiger partial charge >= 0.3 is 18.2 Å². The average Bonchev–Trinajstić information content (AvgIpc) is 3.49. The maximum absolute atomic E-state index is 13.9. The van der Waals surface area contributed by atoms with Crippen molar-refractivity contribution in [2.24, 2.45) is 0 Å². The van der Waals surface area contributed by atoms with E-state index in [0.717, 1.165) is 0 Å².